The van der Waals surface area contributed by atoms with Crippen molar-refractivity contribution in [2.45, 2.75) is 65.5 Å². The summed E-state index contributed by atoms with van der Waals surface area (Å²) in [6.07, 6.45) is 3.89. The molecule has 1 fully saturated rings. The zero-order valence-electron chi connectivity index (χ0n) is 19.9. The molecule has 0 aliphatic carbocycles. The number of ketones is 1. The Morgan fingerprint density at radius 1 is 1.22 bits per heavy atom. The van der Waals surface area contributed by atoms with Gasteiger partial charge in [0.1, 0.15) is 0 Å². The van der Waals surface area contributed by atoms with Gasteiger partial charge in [0, 0.05) is 36.1 Å². The van der Waals surface area contributed by atoms with Gasteiger partial charge in [0.2, 0.25) is 5.96 Å². The van der Waals surface area contributed by atoms with Gasteiger partial charge in [-0.1, -0.05) is 46.8 Å². The number of hydrogen-bond donors (Lipinski definition) is 2. The molecule has 0 saturated carbocycles. The second-order valence-electron chi connectivity index (χ2n) is 9.83. The molecule has 0 radical (unpaired) electrons. The van der Waals surface area contributed by atoms with Gasteiger partial charge in [0.25, 0.3) is 0 Å². The number of nitrogens with two attached hydrogens (primary N) is 2. The highest BCUT2D eigenvalue weighted by atomic mass is 16.1. The third kappa shape index (κ3) is 5.46. The lowest BCUT2D eigenvalue weighted by Gasteiger charge is -2.24. The molecule has 0 spiro atoms. The number of carbonyl (C=O) groups excluding carboxylic acids is 1. The minimum absolute atomic E-state index is 0.0212. The number of guanidine groups is 1. The van der Waals surface area contributed by atoms with E-state index >= 15 is 0 Å². The van der Waals surface area contributed by atoms with Crippen LogP contribution in [0.5, 0.6) is 0 Å². The lowest BCUT2D eigenvalue weighted by atomic mass is 9.87. The van der Waals surface area contributed by atoms with E-state index in [4.69, 9.17) is 11.5 Å². The summed E-state index contributed by atoms with van der Waals surface area (Å²) in [6.45, 7) is 12.2. The van der Waals surface area contributed by atoms with Crippen LogP contribution >= 0.6 is 0 Å². The Labute approximate surface area is 191 Å². The second kappa shape index (κ2) is 9.69. The van der Waals surface area contributed by atoms with Crippen LogP contribution in [-0.4, -0.2) is 40.0 Å². The Kier molecular flexibility index (Phi) is 7.19. The smallest absolute Gasteiger partial charge is 0.211 e. The van der Waals surface area contributed by atoms with Gasteiger partial charge in [-0.15, -0.1) is 5.10 Å². The van der Waals surface area contributed by atoms with Crippen LogP contribution in [0, 0.1) is 5.92 Å². The maximum absolute atomic E-state index is 13.0. The molecule has 0 bridgehead atoms. The molecule has 1 saturated heterocycles. The number of benzene rings is 1. The molecule has 2 aromatic rings. The molecule has 2 heterocycles. The number of hydrogen-bond acceptors (Lipinski definition) is 4. The Bertz CT molecular complexity index is 1010. The summed E-state index contributed by atoms with van der Waals surface area (Å²) in [5.74, 6) is 0.0218. The molecule has 1 aromatic carbocycles. The fraction of sp³-hybridized carbons (Fsp3) is 0.480. The summed E-state index contributed by atoms with van der Waals surface area (Å²) in [7, 11) is 0. The fourth-order valence-corrected chi connectivity index (χ4v) is 4.11. The second-order valence-corrected chi connectivity index (χ2v) is 9.83. The summed E-state index contributed by atoms with van der Waals surface area (Å²) in [5.41, 5.74) is 14.9. The van der Waals surface area contributed by atoms with Crippen molar-refractivity contribution in [3.63, 3.8) is 0 Å². The summed E-state index contributed by atoms with van der Waals surface area (Å²) < 4.78 is 2.13. The van der Waals surface area contributed by atoms with Crippen molar-refractivity contribution < 1.29 is 4.79 Å². The molecule has 1 aromatic heterocycles. The van der Waals surface area contributed by atoms with Crippen LogP contribution in [0.3, 0.4) is 0 Å². The SMILES string of the molecule is CC(C)C(=O)c1ccc(CN2CCCC2/C=N/N=C(N)N)n1-c1cccc(C(C)(C)C)c1. The van der Waals surface area contributed by atoms with Crippen molar-refractivity contribution in [1.82, 2.24) is 9.47 Å². The largest absolute Gasteiger partial charge is 0.369 e. The monoisotopic (exact) mass is 436 g/mol. The maximum atomic E-state index is 13.0. The number of nitrogens with zero attached hydrogens (tertiary/aromatic N) is 4. The third-order valence-corrected chi connectivity index (χ3v) is 5.90. The number of rotatable bonds is 7. The van der Waals surface area contributed by atoms with Gasteiger partial charge in [-0.25, -0.2) is 0 Å². The zero-order chi connectivity index (χ0) is 23.5. The summed E-state index contributed by atoms with van der Waals surface area (Å²) >= 11 is 0. The molecule has 172 valence electrons. The van der Waals surface area contributed by atoms with E-state index in [1.165, 1.54) is 5.56 Å². The average molecular weight is 437 g/mol. The van der Waals surface area contributed by atoms with Gasteiger partial charge in [-0.05, 0) is 54.6 Å². The lowest BCUT2D eigenvalue weighted by Crippen LogP contribution is -2.31. The standard InChI is InChI=1S/C25H36N6O/c1-17(2)23(32)22-12-11-21(16-30-13-7-10-20(30)15-28-29-24(26)27)31(22)19-9-6-8-18(14-19)25(3,4)5/h6,8-9,11-12,14-15,17,20H,7,10,13,16H2,1-5H3,(H4,26,27,29)/b28-15+. The van der Waals surface area contributed by atoms with Crippen LogP contribution in [0.2, 0.25) is 0 Å². The highest BCUT2D eigenvalue weighted by molar-refractivity contribution is 5.96. The average Bonchev–Trinajstić information content (AvgIpc) is 3.34. The number of carbonyl (C=O) groups is 1. The number of aromatic nitrogens is 1. The van der Waals surface area contributed by atoms with E-state index in [2.05, 4.69) is 70.8 Å². The van der Waals surface area contributed by atoms with Crippen LogP contribution in [0.4, 0.5) is 0 Å². The molecule has 1 atom stereocenters. The molecular weight excluding hydrogens is 400 g/mol. The van der Waals surface area contributed by atoms with Crippen LogP contribution in [0.25, 0.3) is 5.69 Å². The van der Waals surface area contributed by atoms with Crippen molar-refractivity contribution in [3.8, 4) is 5.69 Å². The van der Waals surface area contributed by atoms with E-state index in [1.807, 2.05) is 19.9 Å². The highest BCUT2D eigenvalue weighted by Crippen LogP contribution is 2.28. The van der Waals surface area contributed by atoms with Gasteiger partial charge < -0.3 is 16.0 Å². The van der Waals surface area contributed by atoms with E-state index in [-0.39, 0.29) is 29.1 Å². The lowest BCUT2D eigenvalue weighted by molar-refractivity contribution is 0.0932. The van der Waals surface area contributed by atoms with E-state index in [9.17, 15) is 4.79 Å². The number of likely N-dealkylation sites (tertiary alicyclic amines) is 1. The van der Waals surface area contributed by atoms with Crippen molar-refractivity contribution >= 4 is 18.0 Å². The van der Waals surface area contributed by atoms with Crippen molar-refractivity contribution in [2.75, 3.05) is 6.54 Å². The first kappa shape index (κ1) is 23.7. The van der Waals surface area contributed by atoms with Crippen molar-refractivity contribution in [3.05, 3.63) is 53.3 Å². The first-order valence-corrected chi connectivity index (χ1v) is 11.3. The van der Waals surface area contributed by atoms with Crippen molar-refractivity contribution in [1.29, 1.82) is 0 Å². The van der Waals surface area contributed by atoms with Gasteiger partial charge in [0.05, 0.1) is 5.69 Å². The van der Waals surface area contributed by atoms with Crippen LogP contribution in [-0.2, 0) is 12.0 Å². The minimum Gasteiger partial charge on any atom is -0.369 e. The summed E-state index contributed by atoms with van der Waals surface area (Å²) in [5, 5.41) is 7.77. The van der Waals surface area contributed by atoms with Gasteiger partial charge in [-0.2, -0.15) is 5.10 Å². The fourth-order valence-electron chi connectivity index (χ4n) is 4.11. The van der Waals surface area contributed by atoms with Crippen LogP contribution in [0.15, 0.2) is 46.6 Å². The van der Waals surface area contributed by atoms with Gasteiger partial charge in [0.15, 0.2) is 5.78 Å². The number of Topliss-reactive ketones (excluding diaryl/α,β-unsaturated/α-hetero) is 1. The van der Waals surface area contributed by atoms with E-state index in [0.717, 1.165) is 36.5 Å². The Balaban J connectivity index is 2.00. The normalized spacial score (nSPS) is 17.4. The highest BCUT2D eigenvalue weighted by Gasteiger charge is 2.26. The van der Waals surface area contributed by atoms with Crippen LogP contribution < -0.4 is 11.5 Å². The van der Waals surface area contributed by atoms with E-state index in [1.54, 1.807) is 6.21 Å². The molecule has 32 heavy (non-hydrogen) atoms. The quantitative estimate of drug-likeness (QED) is 0.298. The Morgan fingerprint density at radius 2 is 1.97 bits per heavy atom. The predicted molar refractivity (Wildman–Crippen MR) is 131 cm³/mol. The molecule has 1 aliphatic rings. The molecular formula is C25H36N6O. The van der Waals surface area contributed by atoms with E-state index < -0.39 is 0 Å². The molecule has 7 nitrogen and oxygen atoms in total. The molecule has 3 rings (SSSR count). The summed E-state index contributed by atoms with van der Waals surface area (Å²) in [6, 6.07) is 12.7. The van der Waals surface area contributed by atoms with E-state index in [0.29, 0.717) is 6.54 Å². The molecule has 1 aliphatic heterocycles. The predicted octanol–water partition coefficient (Wildman–Crippen LogP) is 3.84. The molecule has 0 amide bonds. The summed E-state index contributed by atoms with van der Waals surface area (Å²) in [4.78, 5) is 15.4. The first-order chi connectivity index (χ1) is 15.1. The van der Waals surface area contributed by atoms with Crippen molar-refractivity contribution in [2.24, 2.45) is 27.6 Å². The molecule has 1 unspecified atom stereocenters. The molecule has 4 N–H and O–H groups in total. The van der Waals surface area contributed by atoms with Gasteiger partial charge in [-0.3, -0.25) is 9.69 Å². The Hall–Kier alpha value is -2.93. The molecule has 7 heteroatoms. The van der Waals surface area contributed by atoms with Gasteiger partial charge >= 0.3 is 0 Å². The topological polar surface area (TPSA) is 102 Å². The van der Waals surface area contributed by atoms with Crippen LogP contribution in [0.1, 0.15) is 69.2 Å². The zero-order valence-corrected chi connectivity index (χ0v) is 19.9. The minimum atomic E-state index is -0.0754. The first-order valence-electron chi connectivity index (χ1n) is 11.3. The maximum Gasteiger partial charge on any atom is 0.211 e. The Morgan fingerprint density at radius 3 is 2.62 bits per heavy atom. The third-order valence-electron chi connectivity index (χ3n) is 5.90.